The highest BCUT2D eigenvalue weighted by molar-refractivity contribution is 5.78. The van der Waals surface area contributed by atoms with Gasteiger partial charge in [0, 0.05) is 24.2 Å². The Morgan fingerprint density at radius 3 is 3.14 bits per heavy atom. The quantitative estimate of drug-likeness (QED) is 0.875. The second-order valence-corrected chi connectivity index (χ2v) is 5.83. The maximum Gasteiger partial charge on any atom is 0.0705 e. The van der Waals surface area contributed by atoms with Crippen molar-refractivity contribution in [2.45, 2.75) is 44.8 Å². The number of nitrogens with zero attached hydrogens (tertiary/aromatic N) is 1. The Morgan fingerprint density at radius 2 is 2.33 bits per heavy atom. The van der Waals surface area contributed by atoms with Gasteiger partial charge in [0.05, 0.1) is 11.6 Å². The van der Waals surface area contributed by atoms with Gasteiger partial charge in [-0.05, 0) is 49.9 Å². The summed E-state index contributed by atoms with van der Waals surface area (Å²) < 4.78 is 5.82. The molecule has 0 bridgehead atoms. The van der Waals surface area contributed by atoms with E-state index >= 15 is 0 Å². The Kier molecular flexibility index (Phi) is 4.84. The van der Waals surface area contributed by atoms with Crippen LogP contribution in [0.5, 0.6) is 0 Å². The molecule has 112 valence electrons. The summed E-state index contributed by atoms with van der Waals surface area (Å²) in [5, 5.41) is 4.87. The van der Waals surface area contributed by atoms with Gasteiger partial charge < -0.3 is 10.1 Å². The Balaban J connectivity index is 1.81. The number of pyridine rings is 1. The SMILES string of the molecule is CCCNC(CC1CCCO1)c1ccc2cccnc2c1. The maximum absolute atomic E-state index is 5.82. The van der Waals surface area contributed by atoms with Crippen LogP contribution in [0.3, 0.4) is 0 Å². The van der Waals surface area contributed by atoms with E-state index in [9.17, 15) is 0 Å². The third kappa shape index (κ3) is 3.60. The van der Waals surface area contributed by atoms with Crippen molar-refractivity contribution in [1.82, 2.24) is 10.3 Å². The average molecular weight is 284 g/mol. The Morgan fingerprint density at radius 1 is 1.38 bits per heavy atom. The van der Waals surface area contributed by atoms with Crippen molar-refractivity contribution in [3.63, 3.8) is 0 Å². The summed E-state index contributed by atoms with van der Waals surface area (Å²) in [6.07, 6.45) is 6.85. The minimum absolute atomic E-state index is 0.361. The van der Waals surface area contributed by atoms with E-state index in [1.54, 1.807) is 0 Å². The van der Waals surface area contributed by atoms with Crippen LogP contribution in [0.15, 0.2) is 36.5 Å². The zero-order valence-electron chi connectivity index (χ0n) is 12.7. The molecule has 0 saturated carbocycles. The third-order valence-corrected chi connectivity index (χ3v) is 4.20. The van der Waals surface area contributed by atoms with Gasteiger partial charge in [0.1, 0.15) is 0 Å². The molecular weight excluding hydrogens is 260 g/mol. The normalized spacial score (nSPS) is 20.0. The summed E-state index contributed by atoms with van der Waals surface area (Å²) in [7, 11) is 0. The number of ether oxygens (including phenoxy) is 1. The van der Waals surface area contributed by atoms with Gasteiger partial charge in [-0.3, -0.25) is 4.98 Å². The molecule has 0 aliphatic carbocycles. The van der Waals surface area contributed by atoms with Crippen LogP contribution in [0.2, 0.25) is 0 Å². The molecule has 0 spiro atoms. The molecule has 1 aromatic carbocycles. The van der Waals surface area contributed by atoms with E-state index < -0.39 is 0 Å². The van der Waals surface area contributed by atoms with Crippen LogP contribution >= 0.6 is 0 Å². The summed E-state index contributed by atoms with van der Waals surface area (Å²) >= 11 is 0. The van der Waals surface area contributed by atoms with Crippen molar-refractivity contribution in [2.24, 2.45) is 0 Å². The molecule has 0 amide bonds. The minimum atomic E-state index is 0.361. The highest BCUT2D eigenvalue weighted by Crippen LogP contribution is 2.27. The zero-order valence-corrected chi connectivity index (χ0v) is 12.7. The number of benzene rings is 1. The van der Waals surface area contributed by atoms with Crippen LogP contribution in [-0.2, 0) is 4.74 Å². The van der Waals surface area contributed by atoms with Gasteiger partial charge in [0.2, 0.25) is 0 Å². The van der Waals surface area contributed by atoms with E-state index in [0.29, 0.717) is 12.1 Å². The van der Waals surface area contributed by atoms with Gasteiger partial charge in [0.15, 0.2) is 0 Å². The standard InChI is InChI=1S/C18H24N2O/c1-2-9-19-18(13-16-6-4-11-21-16)15-8-7-14-5-3-10-20-17(14)12-15/h3,5,7-8,10,12,16,18-19H,2,4,6,9,11,13H2,1H3. The van der Waals surface area contributed by atoms with Crippen molar-refractivity contribution in [2.75, 3.05) is 13.2 Å². The highest BCUT2D eigenvalue weighted by Gasteiger charge is 2.21. The molecule has 0 radical (unpaired) electrons. The molecule has 1 aliphatic rings. The topological polar surface area (TPSA) is 34.1 Å². The van der Waals surface area contributed by atoms with Crippen molar-refractivity contribution in [1.29, 1.82) is 0 Å². The van der Waals surface area contributed by atoms with Crippen molar-refractivity contribution < 1.29 is 4.74 Å². The number of hydrogen-bond acceptors (Lipinski definition) is 3. The number of hydrogen-bond donors (Lipinski definition) is 1. The minimum Gasteiger partial charge on any atom is -0.378 e. The lowest BCUT2D eigenvalue weighted by atomic mass is 9.98. The summed E-state index contributed by atoms with van der Waals surface area (Å²) in [5.74, 6) is 0. The second-order valence-electron chi connectivity index (χ2n) is 5.83. The van der Waals surface area contributed by atoms with Crippen LogP contribution < -0.4 is 5.32 Å². The molecule has 1 N–H and O–H groups in total. The summed E-state index contributed by atoms with van der Waals surface area (Å²) in [6, 6.07) is 11.1. The van der Waals surface area contributed by atoms with Gasteiger partial charge in [-0.1, -0.05) is 25.1 Å². The third-order valence-electron chi connectivity index (χ3n) is 4.20. The number of aromatic nitrogens is 1. The first-order valence-corrected chi connectivity index (χ1v) is 8.06. The second kappa shape index (κ2) is 7.01. The van der Waals surface area contributed by atoms with E-state index in [2.05, 4.69) is 41.5 Å². The molecule has 1 aromatic heterocycles. The Labute approximate surface area is 126 Å². The first-order valence-electron chi connectivity index (χ1n) is 8.06. The molecule has 2 heterocycles. The first kappa shape index (κ1) is 14.5. The predicted molar refractivity (Wildman–Crippen MR) is 86.4 cm³/mol. The molecule has 2 unspecified atom stereocenters. The summed E-state index contributed by atoms with van der Waals surface area (Å²) in [6.45, 7) is 4.17. The average Bonchev–Trinajstić information content (AvgIpc) is 3.04. The van der Waals surface area contributed by atoms with Gasteiger partial charge in [-0.25, -0.2) is 0 Å². The van der Waals surface area contributed by atoms with Crippen molar-refractivity contribution >= 4 is 10.9 Å². The lowest BCUT2D eigenvalue weighted by molar-refractivity contribution is 0.0946. The van der Waals surface area contributed by atoms with E-state index in [-0.39, 0.29) is 0 Å². The monoisotopic (exact) mass is 284 g/mol. The van der Waals surface area contributed by atoms with E-state index in [4.69, 9.17) is 4.74 Å². The smallest absolute Gasteiger partial charge is 0.0705 e. The van der Waals surface area contributed by atoms with Crippen molar-refractivity contribution in [3.8, 4) is 0 Å². The van der Waals surface area contributed by atoms with Crippen LogP contribution in [0.25, 0.3) is 10.9 Å². The Hall–Kier alpha value is -1.45. The Bertz CT molecular complexity index is 578. The maximum atomic E-state index is 5.82. The van der Waals surface area contributed by atoms with Gasteiger partial charge in [-0.15, -0.1) is 0 Å². The molecule has 2 atom stereocenters. The lowest BCUT2D eigenvalue weighted by Gasteiger charge is -2.22. The highest BCUT2D eigenvalue weighted by atomic mass is 16.5. The molecule has 1 aliphatic heterocycles. The largest absolute Gasteiger partial charge is 0.378 e. The van der Waals surface area contributed by atoms with Crippen LogP contribution in [0.1, 0.15) is 44.2 Å². The number of fused-ring (bicyclic) bond motifs is 1. The lowest BCUT2D eigenvalue weighted by Crippen LogP contribution is -2.26. The summed E-state index contributed by atoms with van der Waals surface area (Å²) in [5.41, 5.74) is 2.40. The predicted octanol–water partition coefficient (Wildman–Crippen LogP) is 3.84. The van der Waals surface area contributed by atoms with Crippen molar-refractivity contribution in [3.05, 3.63) is 42.1 Å². The number of nitrogens with one attached hydrogen (secondary N) is 1. The number of rotatable bonds is 6. The first-order chi connectivity index (χ1) is 10.4. The molecular formula is C18H24N2O. The fourth-order valence-corrected chi connectivity index (χ4v) is 3.05. The van der Waals surface area contributed by atoms with Crippen LogP contribution in [0, 0.1) is 0 Å². The zero-order chi connectivity index (χ0) is 14.5. The fourth-order valence-electron chi connectivity index (χ4n) is 3.05. The molecule has 1 saturated heterocycles. The van der Waals surface area contributed by atoms with E-state index in [1.165, 1.54) is 23.8 Å². The van der Waals surface area contributed by atoms with Gasteiger partial charge in [-0.2, -0.15) is 0 Å². The molecule has 3 heteroatoms. The van der Waals surface area contributed by atoms with Crippen LogP contribution in [0.4, 0.5) is 0 Å². The van der Waals surface area contributed by atoms with Gasteiger partial charge in [0.25, 0.3) is 0 Å². The van der Waals surface area contributed by atoms with Crippen LogP contribution in [-0.4, -0.2) is 24.2 Å². The molecule has 1 fully saturated rings. The van der Waals surface area contributed by atoms with Gasteiger partial charge >= 0.3 is 0 Å². The molecule has 3 rings (SSSR count). The van der Waals surface area contributed by atoms with E-state index in [0.717, 1.165) is 31.5 Å². The molecule has 21 heavy (non-hydrogen) atoms. The fraction of sp³-hybridized carbons (Fsp3) is 0.500. The molecule has 3 nitrogen and oxygen atoms in total. The van der Waals surface area contributed by atoms with E-state index in [1.807, 2.05) is 12.3 Å². The molecule has 2 aromatic rings. The summed E-state index contributed by atoms with van der Waals surface area (Å²) in [4.78, 5) is 4.48.